The molecule has 0 aromatic carbocycles. The van der Waals surface area contributed by atoms with Crippen molar-refractivity contribution in [2.45, 2.75) is 324 Å². The molecule has 444 valence electrons. The van der Waals surface area contributed by atoms with Crippen molar-refractivity contribution < 1.29 is 89.4 Å². The molecule has 3 saturated heterocycles. The van der Waals surface area contributed by atoms with E-state index in [9.17, 15) is 61.0 Å². The third-order valence-electron chi connectivity index (χ3n) is 15.4. The summed E-state index contributed by atoms with van der Waals surface area (Å²) in [5.41, 5.74) is 0. The summed E-state index contributed by atoms with van der Waals surface area (Å²) in [5.74, 6) is -0.243. The highest BCUT2D eigenvalue weighted by atomic mass is 16.8. The van der Waals surface area contributed by atoms with Crippen molar-refractivity contribution in [1.82, 2.24) is 5.32 Å². The Hall–Kier alpha value is -1.21. The van der Waals surface area contributed by atoms with Gasteiger partial charge in [-0.05, 0) is 12.8 Å². The zero-order valence-corrected chi connectivity index (χ0v) is 46.0. The molecule has 0 spiro atoms. The van der Waals surface area contributed by atoms with Crippen molar-refractivity contribution in [2.75, 3.05) is 26.4 Å². The lowest BCUT2D eigenvalue weighted by Crippen LogP contribution is -2.66. The Morgan fingerprint density at radius 2 is 0.760 bits per heavy atom. The third kappa shape index (κ3) is 25.4. The Balaban J connectivity index is 1.40. The molecule has 3 aliphatic rings. The van der Waals surface area contributed by atoms with E-state index >= 15 is 0 Å². The van der Waals surface area contributed by atoms with Crippen LogP contribution in [0.25, 0.3) is 0 Å². The first-order valence-corrected chi connectivity index (χ1v) is 29.8. The summed E-state index contributed by atoms with van der Waals surface area (Å²) in [5, 5.41) is 120. The fourth-order valence-corrected chi connectivity index (χ4v) is 10.5. The number of hydrogen-bond donors (Lipinski definition) is 12. The summed E-state index contributed by atoms with van der Waals surface area (Å²) in [6.07, 6.45) is 11.0. The van der Waals surface area contributed by atoms with Gasteiger partial charge in [-0.15, -0.1) is 0 Å². The first-order chi connectivity index (χ1) is 36.3. The van der Waals surface area contributed by atoms with Gasteiger partial charge in [-0.25, -0.2) is 0 Å². The minimum absolute atomic E-state index is 0.243. The lowest BCUT2D eigenvalue weighted by atomic mass is 9.96. The van der Waals surface area contributed by atoms with Crippen LogP contribution in [0, 0.1) is 0 Å². The summed E-state index contributed by atoms with van der Waals surface area (Å²) in [4.78, 5) is 13.3. The Labute approximate surface area is 449 Å². The van der Waals surface area contributed by atoms with Gasteiger partial charge in [-0.2, -0.15) is 0 Å². The Morgan fingerprint density at radius 3 is 1.16 bits per heavy atom. The van der Waals surface area contributed by atoms with Gasteiger partial charge in [0, 0.05) is 6.42 Å². The number of carbonyl (C=O) groups is 1. The molecule has 3 heterocycles. The standard InChI is InChI=1S/C56H107NO18/c1-3-5-7-9-11-12-13-14-15-16-17-18-19-20-21-22-23-24-25-26-28-30-32-34-44(62)57-39(40(61)33-31-29-27-10-8-6-4-2)38-70-54-50(68)47(65)52(42(36-59)72-54)75-56-51(69)48(66)53(43(37-60)73-56)74-55-49(67)46(64)45(63)41(35-58)71-55/h39-43,45-56,58-61,63-69H,3-38H2,1-2H3,(H,57,62). The maximum atomic E-state index is 13.3. The van der Waals surface area contributed by atoms with Crippen LogP contribution in [0.2, 0.25) is 0 Å². The largest absolute Gasteiger partial charge is 0.394 e. The van der Waals surface area contributed by atoms with E-state index in [0.29, 0.717) is 12.8 Å². The van der Waals surface area contributed by atoms with Gasteiger partial charge in [0.1, 0.15) is 73.2 Å². The van der Waals surface area contributed by atoms with E-state index in [1.54, 1.807) is 0 Å². The van der Waals surface area contributed by atoms with Crippen molar-refractivity contribution in [3.63, 3.8) is 0 Å². The SMILES string of the molecule is CCCCCCCCCCCCCCCCCCCCCCCCCC(=O)NC(COC1OC(CO)C(OC2OC(CO)C(OC3OC(CO)C(O)C(O)C3O)C(O)C2O)C(O)C1O)C(O)CCCCCCCCC. The topological polar surface area (TPSA) is 307 Å². The molecule has 3 fully saturated rings. The molecule has 17 unspecified atom stereocenters. The van der Waals surface area contributed by atoms with E-state index in [-0.39, 0.29) is 18.9 Å². The van der Waals surface area contributed by atoms with Crippen LogP contribution in [0.1, 0.15) is 219 Å². The summed E-state index contributed by atoms with van der Waals surface area (Å²) in [7, 11) is 0. The fraction of sp³-hybridized carbons (Fsp3) is 0.982. The van der Waals surface area contributed by atoms with E-state index in [4.69, 9.17) is 28.4 Å². The second-order valence-electron chi connectivity index (χ2n) is 21.8. The average Bonchev–Trinajstić information content (AvgIpc) is 3.41. The number of unbranched alkanes of at least 4 members (excludes halogenated alkanes) is 28. The molecule has 12 N–H and O–H groups in total. The molecule has 3 rings (SSSR count). The van der Waals surface area contributed by atoms with Crippen molar-refractivity contribution in [3.05, 3.63) is 0 Å². The van der Waals surface area contributed by atoms with Crippen molar-refractivity contribution in [1.29, 1.82) is 0 Å². The fourth-order valence-electron chi connectivity index (χ4n) is 10.5. The van der Waals surface area contributed by atoms with Crippen LogP contribution in [-0.2, 0) is 33.2 Å². The number of amides is 1. The van der Waals surface area contributed by atoms with Gasteiger partial charge in [0.25, 0.3) is 0 Å². The van der Waals surface area contributed by atoms with Crippen molar-refractivity contribution >= 4 is 5.91 Å². The van der Waals surface area contributed by atoms with E-state index in [2.05, 4.69) is 19.2 Å². The van der Waals surface area contributed by atoms with Crippen LogP contribution in [0.3, 0.4) is 0 Å². The van der Waals surface area contributed by atoms with Gasteiger partial charge in [-0.1, -0.05) is 200 Å². The molecule has 19 nitrogen and oxygen atoms in total. The van der Waals surface area contributed by atoms with Crippen LogP contribution in [0.5, 0.6) is 0 Å². The summed E-state index contributed by atoms with van der Waals surface area (Å²) in [6, 6.07) is -0.877. The predicted octanol–water partition coefficient (Wildman–Crippen LogP) is 4.82. The maximum Gasteiger partial charge on any atom is 0.220 e. The minimum atomic E-state index is -1.97. The van der Waals surface area contributed by atoms with Gasteiger partial charge < -0.3 is 89.9 Å². The predicted molar refractivity (Wildman–Crippen MR) is 282 cm³/mol. The lowest BCUT2D eigenvalue weighted by molar-refractivity contribution is -0.379. The first kappa shape index (κ1) is 68.1. The number of hydrogen-bond acceptors (Lipinski definition) is 18. The van der Waals surface area contributed by atoms with Gasteiger partial charge in [-0.3, -0.25) is 4.79 Å². The number of rotatable bonds is 44. The highest BCUT2D eigenvalue weighted by molar-refractivity contribution is 5.76. The normalized spacial score (nSPS) is 31.1. The Kier molecular flexibility index (Phi) is 37.1. The molecule has 19 heteroatoms. The molecular formula is C56H107NO18. The van der Waals surface area contributed by atoms with Crippen LogP contribution < -0.4 is 5.32 Å². The molecule has 17 atom stereocenters. The highest BCUT2D eigenvalue weighted by Gasteiger charge is 2.53. The summed E-state index contributed by atoms with van der Waals surface area (Å²) >= 11 is 0. The van der Waals surface area contributed by atoms with Crippen molar-refractivity contribution in [2.24, 2.45) is 0 Å². The van der Waals surface area contributed by atoms with Gasteiger partial charge in [0.05, 0.1) is 38.6 Å². The number of aliphatic hydroxyl groups is 11. The second-order valence-corrected chi connectivity index (χ2v) is 21.8. The smallest absolute Gasteiger partial charge is 0.220 e. The molecule has 0 radical (unpaired) electrons. The molecule has 0 bridgehead atoms. The summed E-state index contributed by atoms with van der Waals surface area (Å²) < 4.78 is 34.2. The Bertz CT molecular complexity index is 1390. The van der Waals surface area contributed by atoms with Crippen LogP contribution in [0.15, 0.2) is 0 Å². The molecule has 0 aliphatic carbocycles. The van der Waals surface area contributed by atoms with E-state index in [1.807, 2.05) is 0 Å². The summed E-state index contributed by atoms with van der Waals surface area (Å²) in [6.45, 7) is 1.74. The maximum absolute atomic E-state index is 13.3. The van der Waals surface area contributed by atoms with E-state index in [0.717, 1.165) is 57.8 Å². The molecule has 0 aromatic rings. The quantitative estimate of drug-likeness (QED) is 0.0364. The zero-order chi connectivity index (χ0) is 54.8. The monoisotopic (exact) mass is 1080 g/mol. The molecule has 3 aliphatic heterocycles. The van der Waals surface area contributed by atoms with Crippen LogP contribution >= 0.6 is 0 Å². The van der Waals surface area contributed by atoms with E-state index < -0.39 is 124 Å². The third-order valence-corrected chi connectivity index (χ3v) is 15.4. The number of ether oxygens (including phenoxy) is 6. The lowest BCUT2D eigenvalue weighted by Gasteiger charge is -2.48. The second kappa shape index (κ2) is 40.9. The molecule has 0 saturated carbocycles. The first-order valence-electron chi connectivity index (χ1n) is 29.8. The molecule has 1 amide bonds. The highest BCUT2D eigenvalue weighted by Crippen LogP contribution is 2.33. The van der Waals surface area contributed by atoms with Gasteiger partial charge in [0.2, 0.25) is 5.91 Å². The van der Waals surface area contributed by atoms with Gasteiger partial charge >= 0.3 is 0 Å². The zero-order valence-electron chi connectivity index (χ0n) is 46.0. The minimum Gasteiger partial charge on any atom is -0.394 e. The van der Waals surface area contributed by atoms with Crippen LogP contribution in [0.4, 0.5) is 0 Å². The number of carbonyl (C=O) groups excluding carboxylic acids is 1. The molecule has 75 heavy (non-hydrogen) atoms. The Morgan fingerprint density at radius 1 is 0.427 bits per heavy atom. The van der Waals surface area contributed by atoms with E-state index in [1.165, 1.54) is 128 Å². The number of nitrogens with one attached hydrogen (secondary N) is 1. The van der Waals surface area contributed by atoms with Gasteiger partial charge in [0.15, 0.2) is 18.9 Å². The number of aliphatic hydroxyl groups excluding tert-OH is 11. The molecular weight excluding hydrogens is 975 g/mol. The van der Waals surface area contributed by atoms with Crippen molar-refractivity contribution in [3.8, 4) is 0 Å². The average molecular weight is 1080 g/mol. The van der Waals surface area contributed by atoms with Crippen LogP contribution in [-0.4, -0.2) is 193 Å². The molecule has 0 aromatic heterocycles.